The molecular formula is C12H13ClN4S. The zero-order valence-electron chi connectivity index (χ0n) is 9.93. The van der Waals surface area contributed by atoms with Gasteiger partial charge in [0.05, 0.1) is 0 Å². The first kappa shape index (κ1) is 13.1. The Morgan fingerprint density at radius 1 is 1.39 bits per heavy atom. The highest BCUT2D eigenvalue weighted by atomic mass is 35.5. The second-order valence-corrected chi connectivity index (χ2v) is 4.76. The molecule has 2 rings (SSSR count). The third-order valence-electron chi connectivity index (χ3n) is 2.30. The first-order chi connectivity index (χ1) is 8.78. The van der Waals surface area contributed by atoms with Gasteiger partial charge in [-0.3, -0.25) is 4.98 Å². The molecule has 4 nitrogen and oxygen atoms in total. The molecule has 6 heteroatoms. The summed E-state index contributed by atoms with van der Waals surface area (Å²) in [7, 11) is 0. The largest absolute Gasteiger partial charge is 0.370 e. The van der Waals surface area contributed by atoms with Gasteiger partial charge in [-0.1, -0.05) is 29.4 Å². The van der Waals surface area contributed by atoms with Crippen LogP contribution in [0.4, 0.5) is 5.82 Å². The van der Waals surface area contributed by atoms with Gasteiger partial charge in [0.15, 0.2) is 5.16 Å². The van der Waals surface area contributed by atoms with E-state index in [-0.39, 0.29) is 0 Å². The van der Waals surface area contributed by atoms with E-state index < -0.39 is 0 Å². The van der Waals surface area contributed by atoms with Gasteiger partial charge in [-0.05, 0) is 24.3 Å². The van der Waals surface area contributed by atoms with Gasteiger partial charge >= 0.3 is 0 Å². The Kier molecular flexibility index (Phi) is 4.78. The Morgan fingerprint density at radius 3 is 3.00 bits per heavy atom. The number of thioether (sulfide) groups is 1. The molecule has 0 aliphatic heterocycles. The van der Waals surface area contributed by atoms with Crippen LogP contribution >= 0.6 is 23.4 Å². The smallest absolute Gasteiger partial charge is 0.190 e. The molecule has 0 saturated carbocycles. The molecule has 2 aromatic rings. The maximum atomic E-state index is 5.91. The SMILES string of the molecule is CSc1nc(Cl)cc(NCCc2cccnc2)n1. The van der Waals surface area contributed by atoms with Crippen molar-refractivity contribution >= 4 is 29.2 Å². The first-order valence-electron chi connectivity index (χ1n) is 5.49. The molecule has 0 fully saturated rings. The normalized spacial score (nSPS) is 10.3. The summed E-state index contributed by atoms with van der Waals surface area (Å²) in [6.45, 7) is 0.785. The van der Waals surface area contributed by atoms with Crippen molar-refractivity contribution in [3.63, 3.8) is 0 Å². The Balaban J connectivity index is 1.92. The molecule has 0 atom stereocenters. The maximum absolute atomic E-state index is 5.91. The minimum atomic E-state index is 0.457. The fourth-order valence-corrected chi connectivity index (χ4v) is 2.07. The fourth-order valence-electron chi connectivity index (χ4n) is 1.46. The van der Waals surface area contributed by atoms with Crippen LogP contribution in [0.2, 0.25) is 5.15 Å². The van der Waals surface area contributed by atoms with Crippen molar-refractivity contribution in [2.45, 2.75) is 11.6 Å². The lowest BCUT2D eigenvalue weighted by Crippen LogP contribution is -2.07. The molecule has 0 amide bonds. The third kappa shape index (κ3) is 3.85. The number of hydrogen-bond acceptors (Lipinski definition) is 5. The highest BCUT2D eigenvalue weighted by Crippen LogP contribution is 2.17. The van der Waals surface area contributed by atoms with Gasteiger partial charge < -0.3 is 5.32 Å². The minimum Gasteiger partial charge on any atom is -0.370 e. The molecule has 2 heterocycles. The predicted octanol–water partition coefficient (Wildman–Crippen LogP) is 2.90. The first-order valence-corrected chi connectivity index (χ1v) is 7.09. The third-order valence-corrected chi connectivity index (χ3v) is 3.04. The van der Waals surface area contributed by atoms with Crippen molar-refractivity contribution in [1.82, 2.24) is 15.0 Å². The molecule has 0 aliphatic carbocycles. The number of halogens is 1. The number of anilines is 1. The lowest BCUT2D eigenvalue weighted by Gasteiger charge is -2.06. The Morgan fingerprint density at radius 2 is 2.28 bits per heavy atom. The van der Waals surface area contributed by atoms with Gasteiger partial charge in [-0.15, -0.1) is 0 Å². The summed E-state index contributed by atoms with van der Waals surface area (Å²) in [6, 6.07) is 5.71. The predicted molar refractivity (Wildman–Crippen MR) is 75.3 cm³/mol. The summed E-state index contributed by atoms with van der Waals surface area (Å²) < 4.78 is 0. The van der Waals surface area contributed by atoms with Crippen LogP contribution in [0.15, 0.2) is 35.7 Å². The van der Waals surface area contributed by atoms with E-state index in [0.717, 1.165) is 18.8 Å². The minimum absolute atomic E-state index is 0.457. The van der Waals surface area contributed by atoms with Crippen LogP contribution in [0.5, 0.6) is 0 Å². The summed E-state index contributed by atoms with van der Waals surface area (Å²) in [5.41, 5.74) is 1.19. The van der Waals surface area contributed by atoms with Crippen LogP contribution in [0.1, 0.15) is 5.56 Å². The molecule has 0 saturated heterocycles. The van der Waals surface area contributed by atoms with Gasteiger partial charge in [0, 0.05) is 25.0 Å². The van der Waals surface area contributed by atoms with Crippen molar-refractivity contribution in [1.29, 1.82) is 0 Å². The molecule has 0 aliphatic rings. The zero-order valence-corrected chi connectivity index (χ0v) is 11.5. The van der Waals surface area contributed by atoms with Gasteiger partial charge in [-0.25, -0.2) is 9.97 Å². The van der Waals surface area contributed by atoms with Crippen LogP contribution in [0.25, 0.3) is 0 Å². The van der Waals surface area contributed by atoms with Crippen molar-refractivity contribution < 1.29 is 0 Å². The molecule has 0 radical (unpaired) electrons. The second-order valence-electron chi connectivity index (χ2n) is 3.60. The van der Waals surface area contributed by atoms with Crippen LogP contribution in [0.3, 0.4) is 0 Å². The number of nitrogens with zero attached hydrogens (tertiary/aromatic N) is 3. The molecule has 0 spiro atoms. The summed E-state index contributed by atoms with van der Waals surface area (Å²) >= 11 is 7.38. The van der Waals surface area contributed by atoms with E-state index in [9.17, 15) is 0 Å². The van der Waals surface area contributed by atoms with Crippen LogP contribution in [0, 0.1) is 0 Å². The molecule has 18 heavy (non-hydrogen) atoms. The topological polar surface area (TPSA) is 50.7 Å². The summed E-state index contributed by atoms with van der Waals surface area (Å²) in [4.78, 5) is 12.5. The van der Waals surface area contributed by atoms with E-state index >= 15 is 0 Å². The van der Waals surface area contributed by atoms with Crippen molar-refractivity contribution in [3.8, 4) is 0 Å². The summed E-state index contributed by atoms with van der Waals surface area (Å²) in [5.74, 6) is 0.753. The molecule has 2 aromatic heterocycles. The van der Waals surface area contributed by atoms with Crippen molar-refractivity contribution in [2.24, 2.45) is 0 Å². The van der Waals surface area contributed by atoms with E-state index in [0.29, 0.717) is 10.3 Å². The number of rotatable bonds is 5. The lowest BCUT2D eigenvalue weighted by molar-refractivity contribution is 0.938. The zero-order chi connectivity index (χ0) is 12.8. The van der Waals surface area contributed by atoms with Gasteiger partial charge in [0.1, 0.15) is 11.0 Å². The van der Waals surface area contributed by atoms with Crippen LogP contribution in [-0.2, 0) is 6.42 Å². The standard InChI is InChI=1S/C12H13ClN4S/c1-18-12-16-10(13)7-11(17-12)15-6-4-9-3-2-5-14-8-9/h2-3,5,7-8H,4,6H2,1H3,(H,15,16,17). The van der Waals surface area contributed by atoms with E-state index in [4.69, 9.17) is 11.6 Å². The monoisotopic (exact) mass is 280 g/mol. The average Bonchev–Trinajstić information content (AvgIpc) is 2.39. The van der Waals surface area contributed by atoms with Crippen LogP contribution < -0.4 is 5.32 Å². The fraction of sp³-hybridized carbons (Fsp3) is 0.250. The Hall–Kier alpha value is -1.33. The molecule has 1 N–H and O–H groups in total. The second kappa shape index (κ2) is 6.56. The summed E-state index contributed by atoms with van der Waals surface area (Å²) in [5, 5.41) is 4.36. The summed E-state index contributed by atoms with van der Waals surface area (Å²) in [6.07, 6.45) is 6.45. The van der Waals surface area contributed by atoms with E-state index in [1.165, 1.54) is 17.3 Å². The molecule has 0 aromatic carbocycles. The Bertz CT molecular complexity index is 507. The maximum Gasteiger partial charge on any atom is 0.190 e. The van der Waals surface area contributed by atoms with Gasteiger partial charge in [0.2, 0.25) is 0 Å². The van der Waals surface area contributed by atoms with E-state index in [1.54, 1.807) is 12.3 Å². The lowest BCUT2D eigenvalue weighted by atomic mass is 10.2. The quantitative estimate of drug-likeness (QED) is 0.518. The highest BCUT2D eigenvalue weighted by molar-refractivity contribution is 7.98. The van der Waals surface area contributed by atoms with Crippen LogP contribution in [-0.4, -0.2) is 27.8 Å². The molecule has 0 unspecified atom stereocenters. The van der Waals surface area contributed by atoms with Gasteiger partial charge in [0.25, 0.3) is 0 Å². The number of pyridine rings is 1. The molecule has 94 valence electrons. The number of hydrogen-bond donors (Lipinski definition) is 1. The van der Waals surface area contributed by atoms with Crippen molar-refractivity contribution in [2.75, 3.05) is 18.1 Å². The number of aromatic nitrogens is 3. The van der Waals surface area contributed by atoms with E-state index in [1.807, 2.05) is 18.5 Å². The van der Waals surface area contributed by atoms with Crippen molar-refractivity contribution in [3.05, 3.63) is 41.3 Å². The molecule has 0 bridgehead atoms. The van der Waals surface area contributed by atoms with E-state index in [2.05, 4.69) is 26.3 Å². The highest BCUT2D eigenvalue weighted by Gasteiger charge is 2.01. The average molecular weight is 281 g/mol. The Labute approximate surface area is 115 Å². The molecular weight excluding hydrogens is 268 g/mol. The number of nitrogens with one attached hydrogen (secondary N) is 1. The van der Waals surface area contributed by atoms with Gasteiger partial charge in [-0.2, -0.15) is 0 Å².